The number of carbonyl (C=O) groups is 1. The molecule has 0 atom stereocenters. The van der Waals surface area contributed by atoms with Crippen LogP contribution >= 0.6 is 0 Å². The molecular formula is C16H13FO3. The molecule has 3 nitrogen and oxygen atoms in total. The van der Waals surface area contributed by atoms with Crippen LogP contribution in [0.1, 0.15) is 16.8 Å². The van der Waals surface area contributed by atoms with Crippen molar-refractivity contribution in [3.8, 4) is 22.6 Å². The van der Waals surface area contributed by atoms with Gasteiger partial charge in [-0.15, -0.1) is 0 Å². The van der Waals surface area contributed by atoms with E-state index in [2.05, 4.69) is 0 Å². The van der Waals surface area contributed by atoms with Crippen molar-refractivity contribution in [3.05, 3.63) is 47.8 Å². The molecule has 0 radical (unpaired) electrons. The number of benzene rings is 2. The van der Waals surface area contributed by atoms with E-state index in [1.54, 1.807) is 36.4 Å². The summed E-state index contributed by atoms with van der Waals surface area (Å²) < 4.78 is 24.7. The minimum atomic E-state index is -0.419. The number of rotatable bonds is 2. The second-order valence-corrected chi connectivity index (χ2v) is 4.55. The summed E-state index contributed by atoms with van der Waals surface area (Å²) in [5, 5.41) is 0. The summed E-state index contributed by atoms with van der Waals surface area (Å²) in [6.07, 6.45) is 0.389. The molecule has 0 bridgehead atoms. The Morgan fingerprint density at radius 1 is 1.20 bits per heavy atom. The van der Waals surface area contributed by atoms with Crippen LogP contribution < -0.4 is 9.47 Å². The molecule has 3 rings (SSSR count). The topological polar surface area (TPSA) is 35.5 Å². The summed E-state index contributed by atoms with van der Waals surface area (Å²) in [5.41, 5.74) is 1.65. The second-order valence-electron chi connectivity index (χ2n) is 4.55. The Labute approximate surface area is 115 Å². The van der Waals surface area contributed by atoms with E-state index in [0.717, 1.165) is 0 Å². The van der Waals surface area contributed by atoms with Gasteiger partial charge in [0.15, 0.2) is 17.3 Å². The largest absolute Gasteiger partial charge is 0.494 e. The number of fused-ring (bicyclic) bond motifs is 1. The molecule has 0 saturated heterocycles. The van der Waals surface area contributed by atoms with Crippen molar-refractivity contribution in [3.63, 3.8) is 0 Å². The zero-order valence-corrected chi connectivity index (χ0v) is 11.0. The maximum Gasteiger partial charge on any atom is 0.172 e. The number of hydrogen-bond donors (Lipinski definition) is 0. The van der Waals surface area contributed by atoms with E-state index in [1.165, 1.54) is 7.11 Å². The van der Waals surface area contributed by atoms with Crippen LogP contribution in [0.3, 0.4) is 0 Å². The lowest BCUT2D eigenvalue weighted by atomic mass is 9.98. The molecule has 2 aromatic rings. The molecule has 1 aliphatic heterocycles. The normalized spacial score (nSPS) is 13.6. The summed E-state index contributed by atoms with van der Waals surface area (Å²) in [6, 6.07) is 10.1. The Balaban J connectivity index is 2.10. The third kappa shape index (κ3) is 2.03. The van der Waals surface area contributed by atoms with Crippen molar-refractivity contribution in [2.24, 2.45) is 0 Å². The van der Waals surface area contributed by atoms with Crippen molar-refractivity contribution in [1.29, 1.82) is 0 Å². The third-order valence-corrected chi connectivity index (χ3v) is 3.36. The lowest BCUT2D eigenvalue weighted by Gasteiger charge is -2.17. The van der Waals surface area contributed by atoms with Gasteiger partial charge in [0, 0.05) is 12.0 Å². The van der Waals surface area contributed by atoms with Crippen LogP contribution in [-0.2, 0) is 0 Å². The first-order chi connectivity index (χ1) is 9.70. The molecule has 0 amide bonds. The molecule has 0 unspecified atom stereocenters. The highest BCUT2D eigenvalue weighted by Gasteiger charge is 2.20. The van der Waals surface area contributed by atoms with Gasteiger partial charge in [0.05, 0.1) is 19.3 Å². The number of halogens is 1. The number of ketones is 1. The SMILES string of the molecule is COc1cccc(-c2ccc3c(c2)OCCC3=O)c1F. The summed E-state index contributed by atoms with van der Waals surface area (Å²) in [4.78, 5) is 11.7. The van der Waals surface area contributed by atoms with Gasteiger partial charge in [-0.05, 0) is 23.8 Å². The van der Waals surface area contributed by atoms with Gasteiger partial charge < -0.3 is 9.47 Å². The van der Waals surface area contributed by atoms with E-state index in [4.69, 9.17) is 9.47 Å². The zero-order valence-electron chi connectivity index (χ0n) is 11.0. The van der Waals surface area contributed by atoms with E-state index < -0.39 is 5.82 Å². The predicted octanol–water partition coefficient (Wildman–Crippen LogP) is 3.47. The van der Waals surface area contributed by atoms with Gasteiger partial charge in [-0.2, -0.15) is 0 Å². The van der Waals surface area contributed by atoms with Crippen molar-refractivity contribution in [1.82, 2.24) is 0 Å². The number of Topliss-reactive ketones (excluding diaryl/α,β-unsaturated/α-hetero) is 1. The van der Waals surface area contributed by atoms with Crippen molar-refractivity contribution in [2.45, 2.75) is 6.42 Å². The average Bonchev–Trinajstić information content (AvgIpc) is 2.47. The van der Waals surface area contributed by atoms with Crippen LogP contribution in [0.5, 0.6) is 11.5 Å². The molecular weight excluding hydrogens is 259 g/mol. The fourth-order valence-electron chi connectivity index (χ4n) is 2.32. The van der Waals surface area contributed by atoms with Crippen LogP contribution in [0.2, 0.25) is 0 Å². The van der Waals surface area contributed by atoms with E-state index >= 15 is 0 Å². The van der Waals surface area contributed by atoms with Gasteiger partial charge in [-0.1, -0.05) is 18.2 Å². The highest BCUT2D eigenvalue weighted by atomic mass is 19.1. The Morgan fingerprint density at radius 2 is 2.05 bits per heavy atom. The lowest BCUT2D eigenvalue weighted by molar-refractivity contribution is 0.0933. The first-order valence-electron chi connectivity index (χ1n) is 6.33. The highest BCUT2D eigenvalue weighted by molar-refractivity contribution is 6.00. The van der Waals surface area contributed by atoms with E-state index in [9.17, 15) is 9.18 Å². The molecule has 0 saturated carbocycles. The maximum atomic E-state index is 14.2. The van der Waals surface area contributed by atoms with Gasteiger partial charge in [0.25, 0.3) is 0 Å². The number of hydrogen-bond acceptors (Lipinski definition) is 3. The Kier molecular flexibility index (Phi) is 3.14. The summed E-state index contributed by atoms with van der Waals surface area (Å²) >= 11 is 0. The summed E-state index contributed by atoms with van der Waals surface area (Å²) in [7, 11) is 1.43. The van der Waals surface area contributed by atoms with E-state index in [-0.39, 0.29) is 11.5 Å². The molecule has 102 valence electrons. The van der Waals surface area contributed by atoms with Crippen LogP contribution in [0.25, 0.3) is 11.1 Å². The second kappa shape index (κ2) is 4.96. The molecule has 0 aliphatic carbocycles. The van der Waals surface area contributed by atoms with Gasteiger partial charge >= 0.3 is 0 Å². The van der Waals surface area contributed by atoms with Crippen LogP contribution in [0, 0.1) is 5.82 Å². The molecule has 1 heterocycles. The number of methoxy groups -OCH3 is 1. The predicted molar refractivity (Wildman–Crippen MR) is 72.8 cm³/mol. The Hall–Kier alpha value is -2.36. The quantitative estimate of drug-likeness (QED) is 0.839. The first-order valence-corrected chi connectivity index (χ1v) is 6.33. The Bertz CT molecular complexity index is 679. The smallest absolute Gasteiger partial charge is 0.172 e. The van der Waals surface area contributed by atoms with Gasteiger partial charge in [-0.25, -0.2) is 4.39 Å². The molecule has 1 aliphatic rings. The van der Waals surface area contributed by atoms with Crippen LogP contribution in [0.15, 0.2) is 36.4 Å². The molecule has 20 heavy (non-hydrogen) atoms. The van der Waals surface area contributed by atoms with Gasteiger partial charge in [0.1, 0.15) is 5.75 Å². The van der Waals surface area contributed by atoms with Crippen LogP contribution in [0.4, 0.5) is 4.39 Å². The van der Waals surface area contributed by atoms with E-state index in [0.29, 0.717) is 35.5 Å². The van der Waals surface area contributed by atoms with Crippen molar-refractivity contribution >= 4 is 5.78 Å². The summed E-state index contributed by atoms with van der Waals surface area (Å²) in [6.45, 7) is 0.371. The minimum Gasteiger partial charge on any atom is -0.494 e. The third-order valence-electron chi connectivity index (χ3n) is 3.36. The fourth-order valence-corrected chi connectivity index (χ4v) is 2.32. The lowest BCUT2D eigenvalue weighted by Crippen LogP contribution is -2.15. The fraction of sp³-hybridized carbons (Fsp3) is 0.188. The molecule has 4 heteroatoms. The molecule has 2 aromatic carbocycles. The number of carbonyl (C=O) groups excluding carboxylic acids is 1. The van der Waals surface area contributed by atoms with Crippen molar-refractivity contribution < 1.29 is 18.7 Å². The molecule has 0 N–H and O–H groups in total. The zero-order chi connectivity index (χ0) is 14.1. The molecule has 0 aromatic heterocycles. The van der Waals surface area contributed by atoms with Gasteiger partial charge in [0.2, 0.25) is 0 Å². The van der Waals surface area contributed by atoms with E-state index in [1.807, 2.05) is 0 Å². The molecule has 0 fully saturated rings. The van der Waals surface area contributed by atoms with Gasteiger partial charge in [-0.3, -0.25) is 4.79 Å². The molecule has 0 spiro atoms. The standard InChI is InChI=1S/C16H13FO3/c1-19-14-4-2-3-11(16(14)17)10-5-6-12-13(18)7-8-20-15(12)9-10/h2-6,9H,7-8H2,1H3. The minimum absolute atomic E-state index is 0.0592. The highest BCUT2D eigenvalue weighted by Crippen LogP contribution is 2.34. The summed E-state index contributed by atoms with van der Waals surface area (Å²) in [5.74, 6) is 0.346. The monoisotopic (exact) mass is 272 g/mol. The van der Waals surface area contributed by atoms with Crippen LogP contribution in [-0.4, -0.2) is 19.5 Å². The number of ether oxygens (including phenoxy) is 2. The first kappa shape index (κ1) is 12.7. The maximum absolute atomic E-state index is 14.2. The van der Waals surface area contributed by atoms with Crippen molar-refractivity contribution in [2.75, 3.05) is 13.7 Å². The Morgan fingerprint density at radius 3 is 2.85 bits per heavy atom. The average molecular weight is 272 g/mol.